The number of halogens is 1. The van der Waals surface area contributed by atoms with Crippen molar-refractivity contribution in [2.75, 3.05) is 18.4 Å². The summed E-state index contributed by atoms with van der Waals surface area (Å²) in [7, 11) is 0. The Hall–Kier alpha value is -2.02. The molecular formula is C15H20ClN3O4. The summed E-state index contributed by atoms with van der Waals surface area (Å²) >= 11 is 6.07. The molecule has 1 aromatic rings. The van der Waals surface area contributed by atoms with Gasteiger partial charge in [-0.15, -0.1) is 0 Å². The molecule has 0 aromatic heterocycles. The van der Waals surface area contributed by atoms with Crippen LogP contribution in [0.25, 0.3) is 0 Å². The number of anilines is 1. The third-order valence-electron chi connectivity index (χ3n) is 3.36. The summed E-state index contributed by atoms with van der Waals surface area (Å²) in [6, 6.07) is 4.32. The topological polar surface area (TPSA) is 84.7 Å². The number of nitrogens with zero attached hydrogens (tertiary/aromatic N) is 2. The molecule has 1 aliphatic heterocycles. The van der Waals surface area contributed by atoms with E-state index < -0.39 is 10.5 Å². The van der Waals surface area contributed by atoms with E-state index in [1.54, 1.807) is 11.0 Å². The van der Waals surface area contributed by atoms with Crippen molar-refractivity contribution in [2.24, 2.45) is 0 Å². The number of non-ortho nitro benzene ring substituents is 1. The fourth-order valence-electron chi connectivity index (χ4n) is 2.32. The summed E-state index contributed by atoms with van der Waals surface area (Å²) in [6.07, 6.45) is 0.420. The second kappa shape index (κ2) is 6.62. The van der Waals surface area contributed by atoms with Crippen LogP contribution in [0, 0.1) is 10.1 Å². The third kappa shape index (κ3) is 4.72. The average molecular weight is 342 g/mol. The number of carbonyl (C=O) groups excluding carboxylic acids is 1. The maximum Gasteiger partial charge on any atom is 0.410 e. The Morgan fingerprint density at radius 3 is 2.74 bits per heavy atom. The highest BCUT2D eigenvalue weighted by atomic mass is 35.5. The van der Waals surface area contributed by atoms with Crippen molar-refractivity contribution in [1.82, 2.24) is 4.90 Å². The van der Waals surface area contributed by atoms with Gasteiger partial charge in [0.1, 0.15) is 5.60 Å². The number of nitro benzene ring substituents is 1. The molecule has 1 saturated heterocycles. The molecule has 1 amide bonds. The number of amides is 1. The normalized spacial score (nSPS) is 17.9. The Morgan fingerprint density at radius 2 is 2.17 bits per heavy atom. The predicted molar refractivity (Wildman–Crippen MR) is 87.9 cm³/mol. The van der Waals surface area contributed by atoms with Crippen molar-refractivity contribution in [3.8, 4) is 0 Å². The molecular weight excluding hydrogens is 322 g/mol. The van der Waals surface area contributed by atoms with Crippen LogP contribution in [0.1, 0.15) is 27.2 Å². The fourth-order valence-corrected chi connectivity index (χ4v) is 2.55. The molecule has 7 nitrogen and oxygen atoms in total. The molecule has 1 aliphatic rings. The van der Waals surface area contributed by atoms with E-state index in [4.69, 9.17) is 16.3 Å². The lowest BCUT2D eigenvalue weighted by molar-refractivity contribution is -0.384. The van der Waals surface area contributed by atoms with Crippen LogP contribution in [0.2, 0.25) is 5.02 Å². The maximum atomic E-state index is 12.0. The van der Waals surface area contributed by atoms with Crippen LogP contribution < -0.4 is 5.32 Å². The standard InChI is InChI=1S/C15H20ClN3O4/c1-15(2,3)23-14(20)18-7-6-10(9-18)17-13-5-4-11(19(21)22)8-12(13)16/h4-5,8,10,17H,6-7,9H2,1-3H3. The minimum absolute atomic E-state index is 0.0291. The number of hydrogen-bond donors (Lipinski definition) is 1. The molecule has 1 heterocycles. The van der Waals surface area contributed by atoms with Gasteiger partial charge in [-0.2, -0.15) is 0 Å². The van der Waals surface area contributed by atoms with Crippen LogP contribution in [0.15, 0.2) is 18.2 Å². The van der Waals surface area contributed by atoms with Crippen molar-refractivity contribution < 1.29 is 14.5 Å². The minimum Gasteiger partial charge on any atom is -0.444 e. The molecule has 1 N–H and O–H groups in total. The molecule has 0 radical (unpaired) electrons. The smallest absolute Gasteiger partial charge is 0.410 e. The molecule has 1 fully saturated rings. The Morgan fingerprint density at radius 1 is 1.48 bits per heavy atom. The number of carbonyl (C=O) groups is 1. The number of ether oxygens (including phenoxy) is 1. The molecule has 1 aromatic carbocycles. The second-order valence-electron chi connectivity index (χ2n) is 6.48. The number of likely N-dealkylation sites (tertiary alicyclic amines) is 1. The maximum absolute atomic E-state index is 12.0. The van der Waals surface area contributed by atoms with Gasteiger partial charge in [0.15, 0.2) is 0 Å². The van der Waals surface area contributed by atoms with Gasteiger partial charge in [0.25, 0.3) is 5.69 Å². The number of benzene rings is 1. The first-order valence-electron chi connectivity index (χ1n) is 7.34. The lowest BCUT2D eigenvalue weighted by atomic mass is 10.2. The third-order valence-corrected chi connectivity index (χ3v) is 3.68. The Labute approximate surface area is 139 Å². The highest BCUT2D eigenvalue weighted by Crippen LogP contribution is 2.28. The summed E-state index contributed by atoms with van der Waals surface area (Å²) in [5.41, 5.74) is 0.0419. The van der Waals surface area contributed by atoms with Gasteiger partial charge in [-0.3, -0.25) is 10.1 Å². The monoisotopic (exact) mass is 341 g/mol. The molecule has 23 heavy (non-hydrogen) atoms. The summed E-state index contributed by atoms with van der Waals surface area (Å²) in [5.74, 6) is 0. The van der Waals surface area contributed by atoms with Gasteiger partial charge < -0.3 is 15.0 Å². The van der Waals surface area contributed by atoms with Gasteiger partial charge in [0.05, 0.1) is 15.6 Å². The zero-order valence-electron chi connectivity index (χ0n) is 13.3. The minimum atomic E-state index is -0.524. The molecule has 0 aliphatic carbocycles. The number of nitro groups is 1. The molecule has 1 atom stereocenters. The zero-order chi connectivity index (χ0) is 17.2. The van der Waals surface area contributed by atoms with E-state index in [9.17, 15) is 14.9 Å². The summed E-state index contributed by atoms with van der Waals surface area (Å²) in [5, 5.41) is 14.2. The van der Waals surface area contributed by atoms with Crippen LogP contribution in [-0.2, 0) is 4.74 Å². The first-order chi connectivity index (χ1) is 10.7. The van der Waals surface area contributed by atoms with Crippen LogP contribution >= 0.6 is 11.6 Å². The summed E-state index contributed by atoms with van der Waals surface area (Å²) in [6.45, 7) is 6.58. The van der Waals surface area contributed by atoms with Crippen molar-refractivity contribution in [3.05, 3.63) is 33.3 Å². The van der Waals surface area contributed by atoms with Gasteiger partial charge in [-0.1, -0.05) is 11.6 Å². The Kier molecular flexibility index (Phi) is 4.99. The lowest BCUT2D eigenvalue weighted by Crippen LogP contribution is -2.36. The quantitative estimate of drug-likeness (QED) is 0.669. The van der Waals surface area contributed by atoms with Crippen molar-refractivity contribution >= 4 is 29.1 Å². The molecule has 2 rings (SSSR count). The van der Waals surface area contributed by atoms with E-state index in [1.807, 2.05) is 20.8 Å². The van der Waals surface area contributed by atoms with Crippen molar-refractivity contribution in [1.29, 1.82) is 0 Å². The van der Waals surface area contributed by atoms with Crippen molar-refractivity contribution in [2.45, 2.75) is 38.8 Å². The van der Waals surface area contributed by atoms with E-state index in [0.717, 1.165) is 6.42 Å². The first-order valence-corrected chi connectivity index (χ1v) is 7.72. The zero-order valence-corrected chi connectivity index (χ0v) is 14.1. The second-order valence-corrected chi connectivity index (χ2v) is 6.88. The highest BCUT2D eigenvalue weighted by Gasteiger charge is 2.30. The highest BCUT2D eigenvalue weighted by molar-refractivity contribution is 6.33. The van der Waals surface area contributed by atoms with Crippen LogP contribution in [0.5, 0.6) is 0 Å². The van der Waals surface area contributed by atoms with E-state index in [-0.39, 0.29) is 22.8 Å². The molecule has 8 heteroatoms. The fraction of sp³-hybridized carbons (Fsp3) is 0.533. The van der Waals surface area contributed by atoms with E-state index >= 15 is 0 Å². The van der Waals surface area contributed by atoms with E-state index in [2.05, 4.69) is 5.32 Å². The molecule has 0 bridgehead atoms. The number of hydrogen-bond acceptors (Lipinski definition) is 5. The SMILES string of the molecule is CC(C)(C)OC(=O)N1CCC(Nc2ccc([N+](=O)[O-])cc2Cl)C1. The van der Waals surface area contributed by atoms with Crippen LogP contribution in [0.3, 0.4) is 0 Å². The van der Waals surface area contributed by atoms with E-state index in [1.165, 1.54) is 12.1 Å². The van der Waals surface area contributed by atoms with Gasteiger partial charge in [-0.05, 0) is 33.3 Å². The molecule has 0 spiro atoms. The largest absolute Gasteiger partial charge is 0.444 e. The summed E-state index contributed by atoms with van der Waals surface area (Å²) < 4.78 is 5.34. The predicted octanol–water partition coefficient (Wildman–Crippen LogP) is 3.67. The van der Waals surface area contributed by atoms with Gasteiger partial charge in [0.2, 0.25) is 0 Å². The molecule has 126 valence electrons. The number of nitrogens with one attached hydrogen (secondary N) is 1. The number of rotatable bonds is 3. The molecule has 0 saturated carbocycles. The Balaban J connectivity index is 1.96. The first kappa shape index (κ1) is 17.3. The van der Waals surface area contributed by atoms with Gasteiger partial charge in [-0.25, -0.2) is 4.79 Å². The van der Waals surface area contributed by atoms with Gasteiger partial charge in [0, 0.05) is 31.3 Å². The van der Waals surface area contributed by atoms with E-state index in [0.29, 0.717) is 18.8 Å². The summed E-state index contributed by atoms with van der Waals surface area (Å²) in [4.78, 5) is 23.9. The average Bonchev–Trinajstić information content (AvgIpc) is 2.87. The van der Waals surface area contributed by atoms with Crippen LogP contribution in [0.4, 0.5) is 16.2 Å². The van der Waals surface area contributed by atoms with Crippen LogP contribution in [-0.4, -0.2) is 40.6 Å². The van der Waals surface area contributed by atoms with Crippen molar-refractivity contribution in [3.63, 3.8) is 0 Å². The Bertz CT molecular complexity index is 615. The lowest BCUT2D eigenvalue weighted by Gasteiger charge is -2.24. The molecule has 1 unspecified atom stereocenters. The van der Waals surface area contributed by atoms with Gasteiger partial charge >= 0.3 is 6.09 Å².